The van der Waals surface area contributed by atoms with Crippen molar-refractivity contribution in [2.75, 3.05) is 19.7 Å². The molecule has 0 unspecified atom stereocenters. The number of aromatic nitrogens is 1. The van der Waals surface area contributed by atoms with Crippen LogP contribution in [-0.4, -0.2) is 47.2 Å². The Bertz CT molecular complexity index is 520. The van der Waals surface area contributed by atoms with Crippen molar-refractivity contribution in [1.29, 1.82) is 0 Å². The Labute approximate surface area is 117 Å². The summed E-state index contributed by atoms with van der Waals surface area (Å²) in [6, 6.07) is 0. The van der Waals surface area contributed by atoms with Gasteiger partial charge in [-0.05, 0) is 20.8 Å². The second-order valence-electron chi connectivity index (χ2n) is 5.24. The van der Waals surface area contributed by atoms with Gasteiger partial charge in [-0.2, -0.15) is 0 Å². The summed E-state index contributed by atoms with van der Waals surface area (Å²) in [6.45, 7) is 6.09. The molecule has 1 aromatic rings. The molecule has 1 aromatic heterocycles. The maximum atomic E-state index is 12.3. The maximum Gasteiger partial charge on any atom is 0.251 e. The van der Waals surface area contributed by atoms with E-state index in [2.05, 4.69) is 5.16 Å². The Morgan fingerprint density at radius 2 is 2.15 bits per heavy atom. The lowest BCUT2D eigenvalue weighted by atomic mass is 10.0. The highest BCUT2D eigenvalue weighted by atomic mass is 16.5. The van der Waals surface area contributed by atoms with Gasteiger partial charge in [-0.3, -0.25) is 9.59 Å². The Hall–Kier alpha value is -1.89. The average molecular weight is 281 g/mol. The first kappa shape index (κ1) is 14.5. The third kappa shape index (κ3) is 2.67. The van der Waals surface area contributed by atoms with E-state index in [1.54, 1.807) is 25.7 Å². The van der Waals surface area contributed by atoms with Gasteiger partial charge in [0.05, 0.1) is 25.3 Å². The minimum Gasteiger partial charge on any atom is -0.367 e. The molecule has 2 rings (SSSR count). The number of ether oxygens (including phenoxy) is 1. The van der Waals surface area contributed by atoms with E-state index >= 15 is 0 Å². The molecule has 7 nitrogen and oxygen atoms in total. The fourth-order valence-corrected chi connectivity index (χ4v) is 2.25. The van der Waals surface area contributed by atoms with Crippen LogP contribution in [0.25, 0.3) is 0 Å². The molecule has 1 atom stereocenters. The van der Waals surface area contributed by atoms with Crippen molar-refractivity contribution in [1.82, 2.24) is 10.1 Å². The van der Waals surface area contributed by atoms with E-state index in [0.717, 1.165) is 5.56 Å². The fraction of sp³-hybridized carbons (Fsp3) is 0.615. The van der Waals surface area contributed by atoms with Crippen molar-refractivity contribution < 1.29 is 18.8 Å². The number of hydrogen-bond donors (Lipinski definition) is 1. The first-order chi connectivity index (χ1) is 9.33. The molecule has 2 heterocycles. The van der Waals surface area contributed by atoms with Gasteiger partial charge in [-0.15, -0.1) is 0 Å². The predicted octanol–water partition coefficient (Wildman–Crippen LogP) is -0.0633. The molecule has 0 spiro atoms. The minimum absolute atomic E-state index is 0.0878. The van der Waals surface area contributed by atoms with Gasteiger partial charge in [0.15, 0.2) is 5.60 Å². The first-order valence-corrected chi connectivity index (χ1v) is 6.47. The number of nitrogens with zero attached hydrogens (tertiary/aromatic N) is 2. The molecule has 0 radical (unpaired) electrons. The van der Waals surface area contributed by atoms with Crippen molar-refractivity contribution in [3.05, 3.63) is 17.0 Å². The number of rotatable bonds is 3. The first-order valence-electron chi connectivity index (χ1n) is 6.47. The van der Waals surface area contributed by atoms with E-state index in [4.69, 9.17) is 15.0 Å². The molecule has 2 amide bonds. The lowest BCUT2D eigenvalue weighted by Gasteiger charge is -2.38. The zero-order valence-electron chi connectivity index (χ0n) is 11.9. The summed E-state index contributed by atoms with van der Waals surface area (Å²) in [5, 5.41) is 3.83. The summed E-state index contributed by atoms with van der Waals surface area (Å²) in [4.78, 5) is 25.3. The Balaban J connectivity index is 2.08. The molecule has 7 heteroatoms. The van der Waals surface area contributed by atoms with Crippen molar-refractivity contribution >= 4 is 11.8 Å². The van der Waals surface area contributed by atoms with Crippen LogP contribution in [0.5, 0.6) is 0 Å². The monoisotopic (exact) mass is 281 g/mol. The van der Waals surface area contributed by atoms with E-state index in [1.165, 1.54) is 0 Å². The molecule has 0 bridgehead atoms. The van der Waals surface area contributed by atoms with E-state index in [-0.39, 0.29) is 18.9 Å². The average Bonchev–Trinajstić information content (AvgIpc) is 2.70. The van der Waals surface area contributed by atoms with Crippen molar-refractivity contribution in [2.45, 2.75) is 32.8 Å². The van der Waals surface area contributed by atoms with Crippen molar-refractivity contribution in [3.8, 4) is 0 Å². The van der Waals surface area contributed by atoms with E-state index in [1.807, 2.05) is 0 Å². The zero-order valence-corrected chi connectivity index (χ0v) is 11.9. The lowest BCUT2D eigenvalue weighted by molar-refractivity contribution is -0.160. The van der Waals surface area contributed by atoms with Crippen molar-refractivity contribution in [2.24, 2.45) is 5.73 Å². The highest BCUT2D eigenvalue weighted by Crippen LogP contribution is 2.19. The van der Waals surface area contributed by atoms with Crippen LogP contribution in [0.3, 0.4) is 0 Å². The largest absolute Gasteiger partial charge is 0.367 e. The lowest BCUT2D eigenvalue weighted by Crippen LogP contribution is -2.58. The number of amides is 2. The molecular weight excluding hydrogens is 262 g/mol. The minimum atomic E-state index is -1.12. The maximum absolute atomic E-state index is 12.3. The van der Waals surface area contributed by atoms with Crippen LogP contribution >= 0.6 is 0 Å². The van der Waals surface area contributed by atoms with Gasteiger partial charge < -0.3 is 19.9 Å². The topological polar surface area (TPSA) is 98.7 Å². The van der Waals surface area contributed by atoms with Gasteiger partial charge in [0.2, 0.25) is 5.91 Å². The number of carbonyl (C=O) groups is 2. The highest BCUT2D eigenvalue weighted by molar-refractivity contribution is 5.85. The molecule has 1 aliphatic heterocycles. The predicted molar refractivity (Wildman–Crippen MR) is 69.8 cm³/mol. The van der Waals surface area contributed by atoms with Gasteiger partial charge >= 0.3 is 0 Å². The molecule has 1 aliphatic rings. The number of carbonyl (C=O) groups excluding carboxylic acids is 2. The molecule has 2 N–H and O–H groups in total. The quantitative estimate of drug-likeness (QED) is 0.836. The van der Waals surface area contributed by atoms with E-state index < -0.39 is 11.5 Å². The SMILES string of the molecule is Cc1noc(C)c1CC(=O)N1CCO[C@@](C)(C(N)=O)C1. The molecular formula is C13H19N3O4. The molecule has 110 valence electrons. The highest BCUT2D eigenvalue weighted by Gasteiger charge is 2.39. The van der Waals surface area contributed by atoms with Crippen LogP contribution < -0.4 is 5.73 Å². The van der Waals surface area contributed by atoms with Crippen LogP contribution in [-0.2, 0) is 20.7 Å². The van der Waals surface area contributed by atoms with Gasteiger partial charge in [0.1, 0.15) is 5.76 Å². The number of nitrogens with two attached hydrogens (primary N) is 1. The zero-order chi connectivity index (χ0) is 14.9. The van der Waals surface area contributed by atoms with Gasteiger partial charge in [0, 0.05) is 12.1 Å². The molecule has 0 aliphatic carbocycles. The number of morpholine rings is 1. The van der Waals surface area contributed by atoms with Gasteiger partial charge in [-0.1, -0.05) is 5.16 Å². The van der Waals surface area contributed by atoms with E-state index in [0.29, 0.717) is 24.6 Å². The van der Waals surface area contributed by atoms with Crippen LogP contribution in [0.2, 0.25) is 0 Å². The van der Waals surface area contributed by atoms with Gasteiger partial charge in [-0.25, -0.2) is 0 Å². The summed E-state index contributed by atoms with van der Waals surface area (Å²) >= 11 is 0. The van der Waals surface area contributed by atoms with Gasteiger partial charge in [0.25, 0.3) is 5.91 Å². The second kappa shape index (κ2) is 5.24. The number of primary amides is 1. The van der Waals surface area contributed by atoms with Crippen LogP contribution in [0.15, 0.2) is 4.52 Å². The molecule has 1 fully saturated rings. The summed E-state index contributed by atoms with van der Waals surface area (Å²) in [5.74, 6) is -0.00992. The Morgan fingerprint density at radius 1 is 1.45 bits per heavy atom. The summed E-state index contributed by atoms with van der Waals surface area (Å²) in [5.41, 5.74) is 5.71. The summed E-state index contributed by atoms with van der Waals surface area (Å²) < 4.78 is 10.4. The Kier molecular flexibility index (Phi) is 3.80. The standard InChI is InChI=1S/C13H19N3O4/c1-8-10(9(2)20-15-8)6-11(17)16-4-5-19-13(3,7-16)12(14)18/h4-7H2,1-3H3,(H2,14,18)/t13-/m1/s1. The van der Waals surface area contributed by atoms with Crippen molar-refractivity contribution in [3.63, 3.8) is 0 Å². The number of hydrogen-bond acceptors (Lipinski definition) is 5. The third-order valence-electron chi connectivity index (χ3n) is 3.66. The molecule has 0 aromatic carbocycles. The summed E-state index contributed by atoms with van der Waals surface area (Å²) in [6.07, 6.45) is 0.204. The van der Waals surface area contributed by atoms with E-state index in [9.17, 15) is 9.59 Å². The normalized spacial score (nSPS) is 22.9. The number of aryl methyl sites for hydroxylation is 2. The summed E-state index contributed by atoms with van der Waals surface area (Å²) in [7, 11) is 0. The second-order valence-corrected chi connectivity index (χ2v) is 5.24. The fourth-order valence-electron chi connectivity index (χ4n) is 2.25. The third-order valence-corrected chi connectivity index (χ3v) is 3.66. The molecule has 0 saturated carbocycles. The Morgan fingerprint density at radius 3 is 2.70 bits per heavy atom. The van der Waals surface area contributed by atoms with Crippen LogP contribution in [0.1, 0.15) is 23.9 Å². The smallest absolute Gasteiger partial charge is 0.251 e. The molecule has 20 heavy (non-hydrogen) atoms. The van der Waals surface area contributed by atoms with Crippen LogP contribution in [0.4, 0.5) is 0 Å². The molecule has 1 saturated heterocycles. The van der Waals surface area contributed by atoms with Crippen LogP contribution in [0, 0.1) is 13.8 Å².